The predicted molar refractivity (Wildman–Crippen MR) is 55.1 cm³/mol. The summed E-state index contributed by atoms with van der Waals surface area (Å²) < 4.78 is 0. The maximum absolute atomic E-state index is 11.2. The van der Waals surface area contributed by atoms with Crippen molar-refractivity contribution in [3.05, 3.63) is 0 Å². The van der Waals surface area contributed by atoms with Gasteiger partial charge in [0.1, 0.15) is 5.54 Å². The van der Waals surface area contributed by atoms with Crippen molar-refractivity contribution in [1.82, 2.24) is 5.32 Å². The van der Waals surface area contributed by atoms with Gasteiger partial charge in [-0.1, -0.05) is 25.7 Å². The molecule has 1 saturated carbocycles. The third-order valence-electron chi connectivity index (χ3n) is 2.97. The Morgan fingerprint density at radius 3 is 2.29 bits per heavy atom. The van der Waals surface area contributed by atoms with Gasteiger partial charge in [-0.3, -0.25) is 4.79 Å². The highest BCUT2D eigenvalue weighted by Crippen LogP contribution is 2.27. The van der Waals surface area contributed by atoms with Gasteiger partial charge >= 0.3 is 5.97 Å². The highest BCUT2D eigenvalue weighted by atomic mass is 16.4. The van der Waals surface area contributed by atoms with Crippen molar-refractivity contribution in [1.29, 1.82) is 0 Å². The van der Waals surface area contributed by atoms with E-state index in [-0.39, 0.29) is 0 Å². The molecule has 0 aliphatic heterocycles. The number of hydrogen-bond acceptors (Lipinski definition) is 3. The van der Waals surface area contributed by atoms with Crippen molar-refractivity contribution in [2.75, 3.05) is 13.1 Å². The maximum atomic E-state index is 11.2. The van der Waals surface area contributed by atoms with Crippen LogP contribution >= 0.6 is 0 Å². The van der Waals surface area contributed by atoms with Crippen molar-refractivity contribution in [3.63, 3.8) is 0 Å². The van der Waals surface area contributed by atoms with Crippen LogP contribution in [0.4, 0.5) is 0 Å². The quantitative estimate of drug-likeness (QED) is 0.584. The first-order valence-corrected chi connectivity index (χ1v) is 5.40. The highest BCUT2D eigenvalue weighted by molar-refractivity contribution is 5.78. The number of nitrogens with one attached hydrogen (secondary N) is 1. The van der Waals surface area contributed by atoms with Gasteiger partial charge in [0.25, 0.3) is 0 Å². The van der Waals surface area contributed by atoms with Crippen molar-refractivity contribution in [3.8, 4) is 0 Å². The molecule has 0 atom stereocenters. The largest absolute Gasteiger partial charge is 0.480 e. The van der Waals surface area contributed by atoms with E-state index in [1.807, 2.05) is 0 Å². The van der Waals surface area contributed by atoms with E-state index in [1.54, 1.807) is 0 Å². The molecule has 82 valence electrons. The van der Waals surface area contributed by atoms with E-state index >= 15 is 0 Å². The Kier molecular flexibility index (Phi) is 4.35. The number of hydrogen-bond donors (Lipinski definition) is 3. The summed E-state index contributed by atoms with van der Waals surface area (Å²) in [7, 11) is 0. The molecule has 0 saturated heterocycles. The van der Waals surface area contributed by atoms with Crippen LogP contribution in [-0.4, -0.2) is 29.7 Å². The third-order valence-corrected chi connectivity index (χ3v) is 2.97. The van der Waals surface area contributed by atoms with E-state index in [9.17, 15) is 9.90 Å². The third kappa shape index (κ3) is 2.69. The second-order valence-electron chi connectivity index (χ2n) is 4.02. The minimum atomic E-state index is -0.715. The van der Waals surface area contributed by atoms with E-state index in [1.165, 1.54) is 0 Å². The van der Waals surface area contributed by atoms with Gasteiger partial charge in [-0.25, -0.2) is 0 Å². The molecule has 0 aromatic rings. The number of carboxylic acid groups (broad SMARTS) is 1. The molecule has 0 amide bonds. The van der Waals surface area contributed by atoms with Crippen molar-refractivity contribution in [2.24, 2.45) is 5.73 Å². The Hall–Kier alpha value is -0.610. The van der Waals surface area contributed by atoms with E-state index in [2.05, 4.69) is 5.32 Å². The summed E-state index contributed by atoms with van der Waals surface area (Å²) in [5.74, 6) is -0.715. The summed E-state index contributed by atoms with van der Waals surface area (Å²) >= 11 is 0. The lowest BCUT2D eigenvalue weighted by molar-refractivity contribution is -0.145. The van der Waals surface area contributed by atoms with Crippen LogP contribution in [-0.2, 0) is 4.79 Å². The fraction of sp³-hybridized carbons (Fsp3) is 0.900. The predicted octanol–water partition coefficient (Wildman–Crippen LogP) is 0.712. The smallest absolute Gasteiger partial charge is 0.323 e. The second kappa shape index (κ2) is 5.32. The summed E-state index contributed by atoms with van der Waals surface area (Å²) in [5, 5.41) is 12.3. The zero-order valence-corrected chi connectivity index (χ0v) is 8.59. The molecular formula is C10H20N2O2. The average Bonchev–Trinajstić information content (AvgIpc) is 2.41. The molecule has 0 aromatic heterocycles. The molecule has 0 unspecified atom stereocenters. The highest BCUT2D eigenvalue weighted by Gasteiger charge is 2.37. The molecule has 0 aromatic carbocycles. The molecule has 4 heteroatoms. The molecule has 0 bridgehead atoms. The molecule has 0 heterocycles. The first-order valence-electron chi connectivity index (χ1n) is 5.40. The fourth-order valence-corrected chi connectivity index (χ4v) is 2.11. The van der Waals surface area contributed by atoms with E-state index in [0.29, 0.717) is 13.1 Å². The van der Waals surface area contributed by atoms with E-state index in [4.69, 9.17) is 5.73 Å². The number of rotatable bonds is 4. The van der Waals surface area contributed by atoms with Gasteiger partial charge in [-0.2, -0.15) is 0 Å². The van der Waals surface area contributed by atoms with Crippen LogP contribution in [0.5, 0.6) is 0 Å². The summed E-state index contributed by atoms with van der Waals surface area (Å²) in [5.41, 5.74) is 4.69. The molecule has 4 N–H and O–H groups in total. The standard InChI is InChI=1S/C10H20N2O2/c11-7-8-12-10(9(13)14)5-3-1-2-4-6-10/h12H,1-8,11H2,(H,13,14). The van der Waals surface area contributed by atoms with Gasteiger partial charge in [-0.15, -0.1) is 0 Å². The lowest BCUT2D eigenvalue weighted by Crippen LogP contribution is -2.53. The van der Waals surface area contributed by atoms with Gasteiger partial charge in [-0.05, 0) is 12.8 Å². The van der Waals surface area contributed by atoms with Crippen molar-refractivity contribution >= 4 is 5.97 Å². The Morgan fingerprint density at radius 1 is 1.29 bits per heavy atom. The van der Waals surface area contributed by atoms with Gasteiger partial charge in [0.05, 0.1) is 0 Å². The minimum absolute atomic E-state index is 0.495. The maximum Gasteiger partial charge on any atom is 0.323 e. The van der Waals surface area contributed by atoms with Gasteiger partial charge in [0, 0.05) is 13.1 Å². The van der Waals surface area contributed by atoms with Crippen LogP contribution in [0, 0.1) is 0 Å². The summed E-state index contributed by atoms with van der Waals surface area (Å²) in [6.07, 6.45) is 5.79. The van der Waals surface area contributed by atoms with Crippen molar-refractivity contribution < 1.29 is 9.90 Å². The van der Waals surface area contributed by atoms with E-state index < -0.39 is 11.5 Å². The zero-order chi connectivity index (χ0) is 10.4. The number of carbonyl (C=O) groups is 1. The first kappa shape index (κ1) is 11.5. The average molecular weight is 200 g/mol. The SMILES string of the molecule is NCCNC1(C(=O)O)CCCCCC1. The molecule has 0 spiro atoms. The number of carboxylic acids is 1. The van der Waals surface area contributed by atoms with Crippen LogP contribution in [0.3, 0.4) is 0 Å². The van der Waals surface area contributed by atoms with Crippen LogP contribution in [0.25, 0.3) is 0 Å². The molecule has 14 heavy (non-hydrogen) atoms. The number of aliphatic carboxylic acids is 1. The minimum Gasteiger partial charge on any atom is -0.480 e. The zero-order valence-electron chi connectivity index (χ0n) is 8.59. The molecule has 1 aliphatic rings. The number of nitrogens with two attached hydrogens (primary N) is 1. The van der Waals surface area contributed by atoms with Gasteiger partial charge in [0.15, 0.2) is 0 Å². The lowest BCUT2D eigenvalue weighted by atomic mass is 9.90. The van der Waals surface area contributed by atoms with E-state index in [0.717, 1.165) is 38.5 Å². The van der Waals surface area contributed by atoms with Crippen LogP contribution in [0.1, 0.15) is 38.5 Å². The molecular weight excluding hydrogens is 180 g/mol. The molecule has 4 nitrogen and oxygen atoms in total. The second-order valence-corrected chi connectivity index (χ2v) is 4.02. The summed E-state index contributed by atoms with van der Waals surface area (Å²) in [6, 6.07) is 0. The summed E-state index contributed by atoms with van der Waals surface area (Å²) in [6.45, 7) is 1.08. The monoisotopic (exact) mass is 200 g/mol. The normalized spacial score (nSPS) is 21.5. The van der Waals surface area contributed by atoms with Crippen LogP contribution in [0.15, 0.2) is 0 Å². The molecule has 0 radical (unpaired) electrons. The van der Waals surface area contributed by atoms with Gasteiger partial charge in [0.2, 0.25) is 0 Å². The molecule has 1 rings (SSSR count). The fourth-order valence-electron chi connectivity index (χ4n) is 2.11. The molecule has 1 aliphatic carbocycles. The first-order chi connectivity index (χ1) is 6.71. The van der Waals surface area contributed by atoms with Crippen LogP contribution in [0.2, 0.25) is 0 Å². The Morgan fingerprint density at radius 2 is 1.86 bits per heavy atom. The topological polar surface area (TPSA) is 75.3 Å². The Labute approximate surface area is 84.9 Å². The molecule has 1 fully saturated rings. The summed E-state index contributed by atoms with van der Waals surface area (Å²) in [4.78, 5) is 11.2. The van der Waals surface area contributed by atoms with Crippen molar-refractivity contribution in [2.45, 2.75) is 44.1 Å². The van der Waals surface area contributed by atoms with Gasteiger partial charge < -0.3 is 16.2 Å². The Balaban J connectivity index is 2.62. The Bertz CT molecular complexity index is 187. The lowest BCUT2D eigenvalue weighted by Gasteiger charge is -2.29. The van der Waals surface area contributed by atoms with Crippen LogP contribution < -0.4 is 11.1 Å².